The third-order valence-corrected chi connectivity index (χ3v) is 2.71. The van der Waals surface area contributed by atoms with Crippen LogP contribution in [0.15, 0.2) is 12.1 Å². The average Bonchev–Trinajstić information content (AvgIpc) is 2.26. The van der Waals surface area contributed by atoms with Crippen LogP contribution in [-0.4, -0.2) is 22.8 Å². The van der Waals surface area contributed by atoms with Gasteiger partial charge in [-0.15, -0.1) is 0 Å². The minimum Gasteiger partial charge on any atom is -0.481 e. The van der Waals surface area contributed by atoms with Crippen LogP contribution in [-0.2, 0) is 10.2 Å². The standard InChI is InChI=1S/C11H11F3O3/c1-11(4-5-15,10(16)17)6-2-3-7(12)9(14)8(6)13/h2-3,15H,4-5H2,1H3,(H,16,17). The van der Waals surface area contributed by atoms with Gasteiger partial charge in [-0.05, 0) is 19.4 Å². The van der Waals surface area contributed by atoms with Gasteiger partial charge in [0.1, 0.15) is 0 Å². The molecule has 0 spiro atoms. The van der Waals surface area contributed by atoms with Gasteiger partial charge in [0.15, 0.2) is 17.5 Å². The highest BCUT2D eigenvalue weighted by molar-refractivity contribution is 5.80. The van der Waals surface area contributed by atoms with E-state index in [4.69, 9.17) is 10.2 Å². The topological polar surface area (TPSA) is 57.5 Å². The van der Waals surface area contributed by atoms with Gasteiger partial charge in [0.2, 0.25) is 0 Å². The Morgan fingerprint density at radius 1 is 1.29 bits per heavy atom. The minimum absolute atomic E-state index is 0.301. The quantitative estimate of drug-likeness (QED) is 0.799. The third kappa shape index (κ3) is 2.26. The normalized spacial score (nSPS) is 14.4. The first-order chi connectivity index (χ1) is 7.84. The van der Waals surface area contributed by atoms with Gasteiger partial charge >= 0.3 is 5.97 Å². The summed E-state index contributed by atoms with van der Waals surface area (Å²) < 4.78 is 39.2. The maximum Gasteiger partial charge on any atom is 0.314 e. The van der Waals surface area contributed by atoms with Crippen molar-refractivity contribution in [3.05, 3.63) is 35.1 Å². The number of aliphatic carboxylic acids is 1. The van der Waals surface area contributed by atoms with Gasteiger partial charge in [-0.2, -0.15) is 0 Å². The number of hydrogen-bond donors (Lipinski definition) is 2. The first kappa shape index (κ1) is 13.5. The van der Waals surface area contributed by atoms with Crippen LogP contribution in [0.1, 0.15) is 18.9 Å². The minimum atomic E-state index is -1.80. The second kappa shape index (κ2) is 4.75. The number of hydrogen-bond acceptors (Lipinski definition) is 2. The molecule has 17 heavy (non-hydrogen) atoms. The molecule has 1 unspecified atom stereocenters. The number of aliphatic hydroxyl groups excluding tert-OH is 1. The molecule has 1 rings (SSSR count). The van der Waals surface area contributed by atoms with Crippen molar-refractivity contribution >= 4 is 5.97 Å². The first-order valence-corrected chi connectivity index (χ1v) is 4.83. The second-order valence-corrected chi connectivity index (χ2v) is 3.83. The van der Waals surface area contributed by atoms with E-state index in [0.717, 1.165) is 13.0 Å². The van der Waals surface area contributed by atoms with E-state index in [0.29, 0.717) is 6.07 Å². The number of halogens is 3. The molecule has 1 aromatic carbocycles. The molecule has 0 aliphatic carbocycles. The van der Waals surface area contributed by atoms with Crippen molar-refractivity contribution in [3.63, 3.8) is 0 Å². The summed E-state index contributed by atoms with van der Waals surface area (Å²) in [7, 11) is 0. The van der Waals surface area contributed by atoms with Gasteiger partial charge < -0.3 is 10.2 Å². The van der Waals surface area contributed by atoms with Crippen LogP contribution in [0, 0.1) is 17.5 Å². The summed E-state index contributed by atoms with van der Waals surface area (Å²) in [5, 5.41) is 17.8. The maximum absolute atomic E-state index is 13.5. The molecule has 0 fully saturated rings. The predicted octanol–water partition coefficient (Wildman–Crippen LogP) is 1.83. The second-order valence-electron chi connectivity index (χ2n) is 3.83. The lowest BCUT2D eigenvalue weighted by Crippen LogP contribution is -2.34. The number of carboxylic acid groups (broad SMARTS) is 1. The van der Waals surface area contributed by atoms with Crippen LogP contribution in [0.25, 0.3) is 0 Å². The average molecular weight is 248 g/mol. The van der Waals surface area contributed by atoms with E-state index in [1.807, 2.05) is 0 Å². The van der Waals surface area contributed by atoms with Gasteiger partial charge in [-0.1, -0.05) is 6.07 Å². The Balaban J connectivity index is 3.39. The molecule has 0 bridgehead atoms. The molecule has 1 aromatic rings. The van der Waals surface area contributed by atoms with Gasteiger partial charge in [0.05, 0.1) is 5.41 Å². The van der Waals surface area contributed by atoms with E-state index in [2.05, 4.69) is 0 Å². The Bertz CT molecular complexity index is 448. The highest BCUT2D eigenvalue weighted by atomic mass is 19.2. The smallest absolute Gasteiger partial charge is 0.314 e. The molecular weight excluding hydrogens is 237 g/mol. The molecule has 0 aliphatic heterocycles. The van der Waals surface area contributed by atoms with Crippen molar-refractivity contribution in [1.29, 1.82) is 0 Å². The lowest BCUT2D eigenvalue weighted by atomic mass is 9.79. The fraction of sp³-hybridized carbons (Fsp3) is 0.364. The molecule has 0 aliphatic rings. The third-order valence-electron chi connectivity index (χ3n) is 2.71. The zero-order valence-corrected chi connectivity index (χ0v) is 9.01. The van der Waals surface area contributed by atoms with Crippen molar-refractivity contribution in [2.75, 3.05) is 6.61 Å². The van der Waals surface area contributed by atoms with Gasteiger partial charge in [-0.3, -0.25) is 4.79 Å². The van der Waals surface area contributed by atoms with E-state index in [-0.39, 0.29) is 6.42 Å². The van der Waals surface area contributed by atoms with E-state index in [9.17, 15) is 18.0 Å². The summed E-state index contributed by atoms with van der Waals surface area (Å²) >= 11 is 0. The Labute approximate surface area is 95.5 Å². The van der Waals surface area contributed by atoms with Crippen LogP contribution in [0.3, 0.4) is 0 Å². The van der Waals surface area contributed by atoms with Gasteiger partial charge in [0.25, 0.3) is 0 Å². The number of carboxylic acids is 1. The highest BCUT2D eigenvalue weighted by Crippen LogP contribution is 2.31. The number of aliphatic hydroxyl groups is 1. The molecule has 0 radical (unpaired) electrons. The molecule has 1 atom stereocenters. The Morgan fingerprint density at radius 2 is 1.88 bits per heavy atom. The predicted molar refractivity (Wildman–Crippen MR) is 53.0 cm³/mol. The van der Waals surface area contributed by atoms with Gasteiger partial charge in [0, 0.05) is 12.2 Å². The van der Waals surface area contributed by atoms with Crippen molar-refractivity contribution in [1.82, 2.24) is 0 Å². The maximum atomic E-state index is 13.5. The van der Waals surface area contributed by atoms with Gasteiger partial charge in [-0.25, -0.2) is 13.2 Å². The molecule has 3 nitrogen and oxygen atoms in total. The summed E-state index contributed by atoms with van der Waals surface area (Å²) in [5.74, 6) is -6.06. The lowest BCUT2D eigenvalue weighted by molar-refractivity contribution is -0.144. The summed E-state index contributed by atoms with van der Waals surface area (Å²) in [6, 6.07) is 1.53. The van der Waals surface area contributed by atoms with Crippen molar-refractivity contribution in [3.8, 4) is 0 Å². The van der Waals surface area contributed by atoms with E-state index in [1.54, 1.807) is 0 Å². The molecule has 94 valence electrons. The SMILES string of the molecule is CC(CCO)(C(=O)O)c1ccc(F)c(F)c1F. The fourth-order valence-corrected chi connectivity index (χ4v) is 1.53. The Morgan fingerprint density at radius 3 is 2.35 bits per heavy atom. The van der Waals surface area contributed by atoms with E-state index < -0.39 is 41.0 Å². The highest BCUT2D eigenvalue weighted by Gasteiger charge is 2.38. The molecule has 2 N–H and O–H groups in total. The number of rotatable bonds is 4. The lowest BCUT2D eigenvalue weighted by Gasteiger charge is -2.25. The molecule has 0 heterocycles. The molecule has 0 saturated heterocycles. The van der Waals surface area contributed by atoms with Crippen LogP contribution < -0.4 is 0 Å². The largest absolute Gasteiger partial charge is 0.481 e. The monoisotopic (exact) mass is 248 g/mol. The number of benzene rings is 1. The Kier molecular flexibility index (Phi) is 3.77. The summed E-state index contributed by atoms with van der Waals surface area (Å²) in [6.07, 6.45) is -0.301. The fourth-order valence-electron chi connectivity index (χ4n) is 1.53. The molecular formula is C11H11F3O3. The first-order valence-electron chi connectivity index (χ1n) is 4.83. The molecule has 6 heteroatoms. The van der Waals surface area contributed by atoms with Crippen LogP contribution in [0.5, 0.6) is 0 Å². The summed E-state index contributed by atoms with van der Waals surface area (Å²) in [5.41, 5.74) is -2.29. The van der Waals surface area contributed by atoms with E-state index >= 15 is 0 Å². The molecule has 0 saturated carbocycles. The van der Waals surface area contributed by atoms with Crippen molar-refractivity contribution < 1.29 is 28.2 Å². The Hall–Kier alpha value is -1.56. The zero-order chi connectivity index (χ0) is 13.2. The van der Waals surface area contributed by atoms with Crippen LogP contribution in [0.4, 0.5) is 13.2 Å². The number of carbonyl (C=O) groups is 1. The molecule has 0 aromatic heterocycles. The zero-order valence-electron chi connectivity index (χ0n) is 9.01. The van der Waals surface area contributed by atoms with Crippen molar-refractivity contribution in [2.24, 2.45) is 0 Å². The summed E-state index contributed by atoms with van der Waals surface area (Å²) in [4.78, 5) is 11.1. The summed E-state index contributed by atoms with van der Waals surface area (Å²) in [6.45, 7) is 0.628. The van der Waals surface area contributed by atoms with E-state index in [1.165, 1.54) is 0 Å². The molecule has 0 amide bonds. The van der Waals surface area contributed by atoms with Crippen LogP contribution in [0.2, 0.25) is 0 Å². The van der Waals surface area contributed by atoms with Crippen molar-refractivity contribution in [2.45, 2.75) is 18.8 Å². The van der Waals surface area contributed by atoms with Crippen LogP contribution >= 0.6 is 0 Å².